The van der Waals surface area contributed by atoms with Gasteiger partial charge < -0.3 is 9.73 Å². The highest BCUT2D eigenvalue weighted by atomic mass is 16.3. The third-order valence-corrected chi connectivity index (χ3v) is 1.92. The fraction of sp³-hybridized carbons (Fsp3) is 0.500. The van der Waals surface area contributed by atoms with Gasteiger partial charge in [0.25, 0.3) is 0 Å². The molecule has 0 saturated carbocycles. The van der Waals surface area contributed by atoms with Crippen LogP contribution in [0.2, 0.25) is 0 Å². The molecule has 1 heterocycles. The minimum absolute atomic E-state index is 0.0393. The molecular formula is C10H14N2O. The first-order chi connectivity index (χ1) is 6.24. The van der Waals surface area contributed by atoms with Gasteiger partial charge in [-0.2, -0.15) is 5.26 Å². The van der Waals surface area contributed by atoms with E-state index in [1.165, 1.54) is 0 Å². The van der Waals surface area contributed by atoms with Gasteiger partial charge in [0.1, 0.15) is 5.76 Å². The van der Waals surface area contributed by atoms with Gasteiger partial charge >= 0.3 is 0 Å². The molecule has 0 aliphatic rings. The lowest BCUT2D eigenvalue weighted by molar-refractivity contribution is 0.421. The van der Waals surface area contributed by atoms with Crippen molar-refractivity contribution in [1.82, 2.24) is 5.32 Å². The Hall–Kier alpha value is -1.27. The monoisotopic (exact) mass is 178 g/mol. The molecule has 1 unspecified atom stereocenters. The molecule has 0 aromatic carbocycles. The molecule has 13 heavy (non-hydrogen) atoms. The van der Waals surface area contributed by atoms with Crippen molar-refractivity contribution in [2.75, 3.05) is 6.54 Å². The Kier molecular flexibility index (Phi) is 3.53. The van der Waals surface area contributed by atoms with Crippen LogP contribution in [-0.4, -0.2) is 6.54 Å². The summed E-state index contributed by atoms with van der Waals surface area (Å²) in [6, 6.07) is 6.13. The summed E-state index contributed by atoms with van der Waals surface area (Å²) in [7, 11) is 0. The molecule has 3 nitrogen and oxygen atoms in total. The van der Waals surface area contributed by atoms with Crippen molar-refractivity contribution in [1.29, 1.82) is 5.26 Å². The van der Waals surface area contributed by atoms with Crippen LogP contribution in [-0.2, 0) is 0 Å². The third kappa shape index (κ3) is 2.92. The van der Waals surface area contributed by atoms with Gasteiger partial charge in [0.15, 0.2) is 0 Å². The molecule has 0 amide bonds. The predicted molar refractivity (Wildman–Crippen MR) is 49.9 cm³/mol. The average molecular weight is 178 g/mol. The van der Waals surface area contributed by atoms with E-state index in [0.717, 1.165) is 5.76 Å². The zero-order valence-electron chi connectivity index (χ0n) is 7.95. The molecule has 70 valence electrons. The van der Waals surface area contributed by atoms with Gasteiger partial charge in [-0.1, -0.05) is 0 Å². The Morgan fingerprint density at radius 2 is 2.38 bits per heavy atom. The quantitative estimate of drug-likeness (QED) is 0.768. The summed E-state index contributed by atoms with van der Waals surface area (Å²) in [4.78, 5) is 0. The molecule has 3 heteroatoms. The van der Waals surface area contributed by atoms with Gasteiger partial charge in [-0.25, -0.2) is 0 Å². The molecule has 1 N–H and O–H groups in total. The lowest BCUT2D eigenvalue weighted by Gasteiger charge is -2.11. The number of nitrogens with one attached hydrogen (secondary N) is 1. The molecule has 1 aromatic rings. The van der Waals surface area contributed by atoms with E-state index in [4.69, 9.17) is 9.68 Å². The first-order valence-corrected chi connectivity index (χ1v) is 4.40. The second-order valence-corrected chi connectivity index (χ2v) is 3.18. The molecule has 1 rings (SSSR count). The van der Waals surface area contributed by atoms with Gasteiger partial charge in [0.2, 0.25) is 0 Å². The zero-order valence-corrected chi connectivity index (χ0v) is 7.95. The molecular weight excluding hydrogens is 164 g/mol. The highest BCUT2D eigenvalue weighted by Gasteiger charge is 2.08. The van der Waals surface area contributed by atoms with Crippen molar-refractivity contribution in [3.8, 4) is 6.07 Å². The van der Waals surface area contributed by atoms with Crippen molar-refractivity contribution in [3.05, 3.63) is 24.2 Å². The molecule has 0 fully saturated rings. The Bertz CT molecular complexity index is 274. The van der Waals surface area contributed by atoms with Crippen molar-refractivity contribution in [2.24, 2.45) is 5.92 Å². The normalized spacial score (nSPS) is 14.8. The minimum atomic E-state index is 0.0393. The van der Waals surface area contributed by atoms with Crippen LogP contribution < -0.4 is 5.32 Å². The maximum atomic E-state index is 8.56. The summed E-state index contributed by atoms with van der Waals surface area (Å²) in [5.41, 5.74) is 0. The van der Waals surface area contributed by atoms with E-state index in [1.807, 2.05) is 26.0 Å². The van der Waals surface area contributed by atoms with Gasteiger partial charge in [0.05, 0.1) is 24.3 Å². The van der Waals surface area contributed by atoms with Crippen LogP contribution in [0.3, 0.4) is 0 Å². The van der Waals surface area contributed by atoms with E-state index in [0.29, 0.717) is 6.54 Å². The van der Waals surface area contributed by atoms with Crippen molar-refractivity contribution < 1.29 is 4.42 Å². The van der Waals surface area contributed by atoms with E-state index in [2.05, 4.69) is 11.4 Å². The van der Waals surface area contributed by atoms with Crippen molar-refractivity contribution in [3.63, 3.8) is 0 Å². The zero-order chi connectivity index (χ0) is 9.68. The summed E-state index contributed by atoms with van der Waals surface area (Å²) in [5, 5.41) is 11.8. The van der Waals surface area contributed by atoms with Gasteiger partial charge in [0, 0.05) is 6.54 Å². The standard InChI is InChI=1S/C10H14N2O/c1-8(6-11)7-12-9(2)10-4-3-5-13-10/h3-5,8-9,12H,7H2,1-2H3/t8?,9-/m1/s1. The maximum absolute atomic E-state index is 8.56. The van der Waals surface area contributed by atoms with Gasteiger partial charge in [-0.3, -0.25) is 0 Å². The molecule has 0 aliphatic carbocycles. The molecule has 0 aliphatic heterocycles. The van der Waals surface area contributed by atoms with E-state index >= 15 is 0 Å². The summed E-state index contributed by atoms with van der Waals surface area (Å²) in [6.07, 6.45) is 1.65. The highest BCUT2D eigenvalue weighted by Crippen LogP contribution is 2.12. The molecule has 0 bridgehead atoms. The van der Waals surface area contributed by atoms with Crippen LogP contribution in [0.4, 0.5) is 0 Å². The highest BCUT2D eigenvalue weighted by molar-refractivity contribution is 5.03. The molecule has 0 spiro atoms. The predicted octanol–water partition coefficient (Wildman–Crippen LogP) is 2.09. The molecule has 1 aromatic heterocycles. The van der Waals surface area contributed by atoms with Crippen molar-refractivity contribution >= 4 is 0 Å². The van der Waals surface area contributed by atoms with Crippen LogP contribution >= 0.6 is 0 Å². The number of nitriles is 1. The Balaban J connectivity index is 2.35. The van der Waals surface area contributed by atoms with Crippen LogP contribution in [0.5, 0.6) is 0 Å². The first-order valence-electron chi connectivity index (χ1n) is 4.40. The summed E-state index contributed by atoms with van der Waals surface area (Å²) in [5.74, 6) is 0.947. The van der Waals surface area contributed by atoms with Crippen LogP contribution in [0.25, 0.3) is 0 Å². The number of rotatable bonds is 4. The van der Waals surface area contributed by atoms with Crippen LogP contribution in [0.1, 0.15) is 25.6 Å². The Morgan fingerprint density at radius 1 is 1.62 bits per heavy atom. The van der Waals surface area contributed by atoms with E-state index < -0.39 is 0 Å². The lowest BCUT2D eigenvalue weighted by Crippen LogP contribution is -2.23. The SMILES string of the molecule is CC(C#N)CN[C@H](C)c1ccco1. The average Bonchev–Trinajstić information content (AvgIpc) is 2.66. The van der Waals surface area contributed by atoms with Gasteiger partial charge in [-0.15, -0.1) is 0 Å². The third-order valence-electron chi connectivity index (χ3n) is 1.92. The second-order valence-electron chi connectivity index (χ2n) is 3.18. The Morgan fingerprint density at radius 3 is 2.92 bits per heavy atom. The van der Waals surface area contributed by atoms with Crippen LogP contribution in [0.15, 0.2) is 22.8 Å². The summed E-state index contributed by atoms with van der Waals surface area (Å²) in [6.45, 7) is 4.60. The smallest absolute Gasteiger partial charge is 0.120 e. The summed E-state index contributed by atoms with van der Waals surface area (Å²) < 4.78 is 5.22. The number of nitrogens with zero attached hydrogens (tertiary/aromatic N) is 1. The summed E-state index contributed by atoms with van der Waals surface area (Å²) >= 11 is 0. The fourth-order valence-corrected chi connectivity index (χ4v) is 1.04. The minimum Gasteiger partial charge on any atom is -0.468 e. The number of hydrogen-bond donors (Lipinski definition) is 1. The Labute approximate surface area is 78.4 Å². The lowest BCUT2D eigenvalue weighted by atomic mass is 10.2. The maximum Gasteiger partial charge on any atom is 0.120 e. The topological polar surface area (TPSA) is 49.0 Å². The fourth-order valence-electron chi connectivity index (χ4n) is 1.04. The second kappa shape index (κ2) is 4.68. The van der Waals surface area contributed by atoms with E-state index in [9.17, 15) is 0 Å². The molecule has 0 saturated heterocycles. The van der Waals surface area contributed by atoms with E-state index in [-0.39, 0.29) is 12.0 Å². The number of furan rings is 1. The largest absolute Gasteiger partial charge is 0.468 e. The first kappa shape index (κ1) is 9.82. The van der Waals surface area contributed by atoms with Gasteiger partial charge in [-0.05, 0) is 26.0 Å². The number of hydrogen-bond acceptors (Lipinski definition) is 3. The van der Waals surface area contributed by atoms with Crippen molar-refractivity contribution in [2.45, 2.75) is 19.9 Å². The van der Waals surface area contributed by atoms with E-state index in [1.54, 1.807) is 6.26 Å². The van der Waals surface area contributed by atoms with Crippen LogP contribution in [0, 0.1) is 17.2 Å². The molecule has 0 radical (unpaired) electrons. The molecule has 2 atom stereocenters.